The largest absolute Gasteiger partial charge is 0.398 e. The van der Waals surface area contributed by atoms with Crippen LogP contribution in [0.25, 0.3) is 10.9 Å². The van der Waals surface area contributed by atoms with Gasteiger partial charge in [-0.2, -0.15) is 0 Å². The molecule has 0 aliphatic rings. The Morgan fingerprint density at radius 2 is 2.00 bits per heavy atom. The normalized spacial score (nSPS) is 10.3. The van der Waals surface area contributed by atoms with Crippen molar-refractivity contribution in [2.75, 3.05) is 11.5 Å². The van der Waals surface area contributed by atoms with E-state index in [1.165, 1.54) is 0 Å². The Morgan fingerprint density at radius 3 is 2.83 bits per heavy atom. The maximum atomic E-state index is 5.69. The van der Waals surface area contributed by atoms with Gasteiger partial charge in [-0.05, 0) is 12.1 Å². The van der Waals surface area contributed by atoms with Crippen LogP contribution in [0.4, 0.5) is 11.6 Å². The van der Waals surface area contributed by atoms with Gasteiger partial charge in [0.2, 0.25) is 5.95 Å². The number of hydrogen-bond acceptors (Lipinski definition) is 4. The van der Waals surface area contributed by atoms with E-state index < -0.39 is 0 Å². The van der Waals surface area contributed by atoms with Crippen molar-refractivity contribution in [1.82, 2.24) is 9.97 Å². The Labute approximate surface area is 69.2 Å². The van der Waals surface area contributed by atoms with Crippen molar-refractivity contribution in [3.63, 3.8) is 0 Å². The van der Waals surface area contributed by atoms with Crippen molar-refractivity contribution in [3.05, 3.63) is 24.4 Å². The molecule has 12 heavy (non-hydrogen) atoms. The van der Waals surface area contributed by atoms with Crippen LogP contribution in [0.2, 0.25) is 0 Å². The molecular formula is C8H8N4. The van der Waals surface area contributed by atoms with E-state index in [9.17, 15) is 0 Å². The number of nitrogens with zero attached hydrogens (tertiary/aromatic N) is 2. The summed E-state index contributed by atoms with van der Waals surface area (Å²) in [5.41, 5.74) is 12.6. The van der Waals surface area contributed by atoms with Gasteiger partial charge >= 0.3 is 0 Å². The molecule has 1 aromatic heterocycles. The van der Waals surface area contributed by atoms with Gasteiger partial charge in [0.1, 0.15) is 0 Å². The van der Waals surface area contributed by atoms with Gasteiger partial charge in [-0.1, -0.05) is 6.07 Å². The number of rotatable bonds is 0. The number of nitrogen functional groups attached to an aromatic ring is 2. The molecule has 0 saturated carbocycles. The van der Waals surface area contributed by atoms with Gasteiger partial charge in [-0.25, -0.2) is 9.97 Å². The summed E-state index contributed by atoms with van der Waals surface area (Å²) in [6.07, 6.45) is 1.63. The van der Waals surface area contributed by atoms with Gasteiger partial charge in [0.15, 0.2) is 0 Å². The second kappa shape index (κ2) is 2.34. The van der Waals surface area contributed by atoms with Crippen LogP contribution in [-0.2, 0) is 0 Å². The predicted octanol–water partition coefficient (Wildman–Crippen LogP) is 0.794. The van der Waals surface area contributed by atoms with Crippen molar-refractivity contribution < 1.29 is 0 Å². The number of aromatic nitrogens is 2. The molecule has 2 rings (SSSR count). The molecule has 0 atom stereocenters. The monoisotopic (exact) mass is 160 g/mol. The Morgan fingerprint density at radius 1 is 1.17 bits per heavy atom. The summed E-state index contributed by atoms with van der Waals surface area (Å²) in [5.74, 6) is 0.271. The third kappa shape index (κ3) is 0.934. The molecule has 60 valence electrons. The summed E-state index contributed by atoms with van der Waals surface area (Å²) >= 11 is 0. The Kier molecular flexibility index (Phi) is 1.33. The molecule has 0 bridgehead atoms. The highest BCUT2D eigenvalue weighted by Crippen LogP contribution is 2.17. The minimum Gasteiger partial charge on any atom is -0.398 e. The molecule has 0 fully saturated rings. The molecule has 0 radical (unpaired) electrons. The van der Waals surface area contributed by atoms with Gasteiger partial charge in [0.25, 0.3) is 0 Å². The van der Waals surface area contributed by atoms with Crippen LogP contribution in [-0.4, -0.2) is 9.97 Å². The fourth-order valence-corrected chi connectivity index (χ4v) is 1.09. The molecule has 0 saturated heterocycles. The Balaban J connectivity index is 2.86. The van der Waals surface area contributed by atoms with Crippen LogP contribution in [0.1, 0.15) is 0 Å². The van der Waals surface area contributed by atoms with Crippen molar-refractivity contribution in [3.8, 4) is 0 Å². The lowest BCUT2D eigenvalue weighted by atomic mass is 10.2. The molecule has 0 unspecified atom stereocenters. The standard InChI is InChI=1S/C8H8N4/c9-6-2-1-3-7-5(6)4-11-8(10)12-7/h1-4H,9H2,(H2,10,11,12). The zero-order valence-corrected chi connectivity index (χ0v) is 6.36. The minimum atomic E-state index is 0.271. The summed E-state index contributed by atoms with van der Waals surface area (Å²) < 4.78 is 0. The van der Waals surface area contributed by atoms with Crippen LogP contribution in [0.5, 0.6) is 0 Å². The van der Waals surface area contributed by atoms with E-state index in [-0.39, 0.29) is 5.95 Å². The lowest BCUT2D eigenvalue weighted by Gasteiger charge is -1.99. The van der Waals surface area contributed by atoms with E-state index in [1.54, 1.807) is 6.20 Å². The van der Waals surface area contributed by atoms with Crippen molar-refractivity contribution in [1.29, 1.82) is 0 Å². The lowest BCUT2D eigenvalue weighted by molar-refractivity contribution is 1.24. The van der Waals surface area contributed by atoms with Crippen molar-refractivity contribution in [2.45, 2.75) is 0 Å². The number of fused-ring (bicyclic) bond motifs is 1. The summed E-state index contributed by atoms with van der Waals surface area (Å²) in [6.45, 7) is 0. The molecule has 4 nitrogen and oxygen atoms in total. The first-order valence-electron chi connectivity index (χ1n) is 3.54. The fourth-order valence-electron chi connectivity index (χ4n) is 1.09. The van der Waals surface area contributed by atoms with Gasteiger partial charge in [0, 0.05) is 17.3 Å². The summed E-state index contributed by atoms with van der Waals surface area (Å²) in [7, 11) is 0. The first kappa shape index (κ1) is 6.84. The quantitative estimate of drug-likeness (QED) is 0.558. The van der Waals surface area contributed by atoms with Crippen LogP contribution in [0.3, 0.4) is 0 Å². The van der Waals surface area contributed by atoms with Crippen LogP contribution in [0.15, 0.2) is 24.4 Å². The SMILES string of the molecule is Nc1ncc2c(N)cccc2n1. The minimum absolute atomic E-state index is 0.271. The van der Waals surface area contributed by atoms with Crippen molar-refractivity contribution >= 4 is 22.5 Å². The average Bonchev–Trinajstić information content (AvgIpc) is 2.04. The second-order valence-electron chi connectivity index (χ2n) is 2.51. The summed E-state index contributed by atoms with van der Waals surface area (Å²) in [6, 6.07) is 5.50. The van der Waals surface area contributed by atoms with Crippen LogP contribution >= 0.6 is 0 Å². The third-order valence-electron chi connectivity index (χ3n) is 1.68. The second-order valence-corrected chi connectivity index (χ2v) is 2.51. The fraction of sp³-hybridized carbons (Fsp3) is 0. The maximum Gasteiger partial charge on any atom is 0.220 e. The first-order chi connectivity index (χ1) is 5.77. The summed E-state index contributed by atoms with van der Waals surface area (Å²) in [4.78, 5) is 7.88. The Bertz CT molecular complexity index is 424. The van der Waals surface area contributed by atoms with E-state index in [0.717, 1.165) is 10.9 Å². The molecule has 0 amide bonds. The average molecular weight is 160 g/mol. The molecule has 1 aromatic carbocycles. The van der Waals surface area contributed by atoms with Gasteiger partial charge in [-0.3, -0.25) is 0 Å². The summed E-state index contributed by atoms with van der Waals surface area (Å²) in [5, 5.41) is 0.840. The number of hydrogen-bond donors (Lipinski definition) is 2. The van der Waals surface area contributed by atoms with Crippen LogP contribution < -0.4 is 11.5 Å². The van der Waals surface area contributed by atoms with E-state index in [0.29, 0.717) is 5.69 Å². The van der Waals surface area contributed by atoms with E-state index in [1.807, 2.05) is 18.2 Å². The van der Waals surface area contributed by atoms with E-state index >= 15 is 0 Å². The van der Waals surface area contributed by atoms with Gasteiger partial charge in [0.05, 0.1) is 5.52 Å². The van der Waals surface area contributed by atoms with E-state index in [4.69, 9.17) is 11.5 Å². The highest BCUT2D eigenvalue weighted by atomic mass is 15.0. The highest BCUT2D eigenvalue weighted by Gasteiger charge is 1.98. The van der Waals surface area contributed by atoms with Gasteiger partial charge < -0.3 is 11.5 Å². The molecule has 0 aliphatic heterocycles. The zero-order valence-electron chi connectivity index (χ0n) is 6.36. The van der Waals surface area contributed by atoms with Crippen molar-refractivity contribution in [2.24, 2.45) is 0 Å². The molecule has 4 N–H and O–H groups in total. The topological polar surface area (TPSA) is 77.8 Å². The Hall–Kier alpha value is -1.84. The predicted molar refractivity (Wildman–Crippen MR) is 48.4 cm³/mol. The molecule has 0 aliphatic carbocycles. The zero-order chi connectivity index (χ0) is 8.55. The smallest absolute Gasteiger partial charge is 0.220 e. The highest BCUT2D eigenvalue weighted by molar-refractivity contribution is 5.89. The molecule has 0 spiro atoms. The molecule has 1 heterocycles. The van der Waals surface area contributed by atoms with E-state index in [2.05, 4.69) is 9.97 Å². The molecule has 4 heteroatoms. The van der Waals surface area contributed by atoms with Crippen LogP contribution in [0, 0.1) is 0 Å². The molecular weight excluding hydrogens is 152 g/mol. The number of benzene rings is 1. The maximum absolute atomic E-state index is 5.69. The molecule has 2 aromatic rings. The number of nitrogens with two attached hydrogens (primary N) is 2. The van der Waals surface area contributed by atoms with Gasteiger partial charge in [-0.15, -0.1) is 0 Å². The number of anilines is 2. The third-order valence-corrected chi connectivity index (χ3v) is 1.68. The lowest BCUT2D eigenvalue weighted by Crippen LogP contribution is -1.95. The first-order valence-corrected chi connectivity index (χ1v) is 3.54.